The number of anilines is 1. The van der Waals surface area contributed by atoms with E-state index >= 15 is 0 Å². The van der Waals surface area contributed by atoms with Crippen LogP contribution < -0.4 is 5.32 Å². The first-order valence-corrected chi connectivity index (χ1v) is 5.86. The van der Waals surface area contributed by atoms with Gasteiger partial charge in [0.15, 0.2) is 0 Å². The van der Waals surface area contributed by atoms with Gasteiger partial charge in [-0.05, 0) is 36.4 Å². The Kier molecular flexibility index (Phi) is 4.10. The van der Waals surface area contributed by atoms with E-state index in [1.165, 1.54) is 49.6 Å². The molecule has 0 spiro atoms. The molecule has 0 radical (unpaired) electrons. The highest BCUT2D eigenvalue weighted by atomic mass is 19.1. The zero-order valence-electron chi connectivity index (χ0n) is 10.7. The maximum absolute atomic E-state index is 13.4. The number of methoxy groups -OCH3 is 1. The van der Waals surface area contributed by atoms with Crippen molar-refractivity contribution in [1.82, 2.24) is 0 Å². The van der Waals surface area contributed by atoms with Crippen molar-refractivity contribution >= 4 is 17.6 Å². The van der Waals surface area contributed by atoms with Gasteiger partial charge >= 0.3 is 5.97 Å². The predicted octanol–water partition coefficient (Wildman–Crippen LogP) is 2.86. The number of carbonyl (C=O) groups excluding carboxylic acids is 2. The smallest absolute Gasteiger partial charge is 0.337 e. The van der Waals surface area contributed by atoms with Crippen LogP contribution >= 0.6 is 0 Å². The summed E-state index contributed by atoms with van der Waals surface area (Å²) < 4.78 is 18.0. The number of benzene rings is 2. The topological polar surface area (TPSA) is 55.4 Å². The molecule has 2 rings (SSSR count). The molecule has 1 amide bonds. The van der Waals surface area contributed by atoms with Crippen LogP contribution in [0.3, 0.4) is 0 Å². The van der Waals surface area contributed by atoms with Crippen LogP contribution in [0, 0.1) is 5.82 Å². The molecule has 0 atom stereocenters. The standard InChI is InChI=1S/C15H12FNO3/c1-20-15(19)11-8-6-10(7-9-11)14(18)17-13-5-3-2-4-12(13)16/h2-9H,1H3,(H,17,18). The fourth-order valence-electron chi connectivity index (χ4n) is 1.63. The van der Waals surface area contributed by atoms with Gasteiger partial charge in [0.05, 0.1) is 18.4 Å². The summed E-state index contributed by atoms with van der Waals surface area (Å²) in [6, 6.07) is 11.8. The summed E-state index contributed by atoms with van der Waals surface area (Å²) in [6.07, 6.45) is 0. The van der Waals surface area contributed by atoms with E-state index in [2.05, 4.69) is 10.1 Å². The number of para-hydroxylation sites is 1. The van der Waals surface area contributed by atoms with Gasteiger partial charge in [0.25, 0.3) is 5.91 Å². The van der Waals surface area contributed by atoms with E-state index in [0.29, 0.717) is 11.1 Å². The number of hydrogen-bond donors (Lipinski definition) is 1. The van der Waals surface area contributed by atoms with Crippen LogP contribution in [0.4, 0.5) is 10.1 Å². The Hall–Kier alpha value is -2.69. The van der Waals surface area contributed by atoms with Gasteiger partial charge in [0, 0.05) is 5.56 Å². The number of carbonyl (C=O) groups is 2. The van der Waals surface area contributed by atoms with E-state index in [0.717, 1.165) is 0 Å². The predicted molar refractivity (Wildman–Crippen MR) is 72.1 cm³/mol. The Morgan fingerprint density at radius 3 is 2.20 bits per heavy atom. The minimum atomic E-state index is -0.507. The minimum Gasteiger partial charge on any atom is -0.465 e. The molecule has 4 nitrogen and oxygen atoms in total. The molecule has 0 fully saturated rings. The number of esters is 1. The van der Waals surface area contributed by atoms with Gasteiger partial charge in [-0.3, -0.25) is 4.79 Å². The van der Waals surface area contributed by atoms with E-state index in [4.69, 9.17) is 0 Å². The zero-order chi connectivity index (χ0) is 14.5. The van der Waals surface area contributed by atoms with Crippen molar-refractivity contribution in [2.24, 2.45) is 0 Å². The molecule has 2 aromatic carbocycles. The number of nitrogens with one attached hydrogen (secondary N) is 1. The van der Waals surface area contributed by atoms with Crippen molar-refractivity contribution in [1.29, 1.82) is 0 Å². The van der Waals surface area contributed by atoms with Gasteiger partial charge in [0.2, 0.25) is 0 Å². The maximum Gasteiger partial charge on any atom is 0.337 e. The highest BCUT2D eigenvalue weighted by Crippen LogP contribution is 2.14. The maximum atomic E-state index is 13.4. The van der Waals surface area contributed by atoms with Gasteiger partial charge in [0.1, 0.15) is 5.82 Å². The summed E-state index contributed by atoms with van der Waals surface area (Å²) in [5, 5.41) is 2.46. The number of hydrogen-bond acceptors (Lipinski definition) is 3. The summed E-state index contributed by atoms with van der Waals surface area (Å²) in [5.74, 6) is -1.44. The fourth-order valence-corrected chi connectivity index (χ4v) is 1.63. The fraction of sp³-hybridized carbons (Fsp3) is 0.0667. The van der Waals surface area contributed by atoms with Crippen molar-refractivity contribution in [3.05, 3.63) is 65.5 Å². The molecule has 0 saturated heterocycles. The van der Waals surface area contributed by atoms with Crippen LogP contribution in [0.2, 0.25) is 0 Å². The van der Waals surface area contributed by atoms with Crippen LogP contribution in [-0.2, 0) is 4.74 Å². The van der Waals surface area contributed by atoms with Crippen molar-refractivity contribution in [3.63, 3.8) is 0 Å². The summed E-state index contributed by atoms with van der Waals surface area (Å²) in [4.78, 5) is 23.2. The molecule has 0 aromatic heterocycles. The van der Waals surface area contributed by atoms with Gasteiger partial charge in [-0.2, -0.15) is 0 Å². The second kappa shape index (κ2) is 5.97. The number of ether oxygens (including phenoxy) is 1. The Labute approximate surface area is 115 Å². The van der Waals surface area contributed by atoms with Crippen molar-refractivity contribution in [3.8, 4) is 0 Å². The first kappa shape index (κ1) is 13.7. The molecule has 0 unspecified atom stereocenters. The molecule has 0 saturated carbocycles. The molecule has 0 aliphatic heterocycles. The third-order valence-corrected chi connectivity index (χ3v) is 2.69. The number of halogens is 1. The lowest BCUT2D eigenvalue weighted by Crippen LogP contribution is -2.13. The molecular weight excluding hydrogens is 261 g/mol. The number of amides is 1. The van der Waals surface area contributed by atoms with E-state index in [-0.39, 0.29) is 5.69 Å². The minimum absolute atomic E-state index is 0.106. The zero-order valence-corrected chi connectivity index (χ0v) is 10.7. The average Bonchev–Trinajstić information content (AvgIpc) is 2.49. The van der Waals surface area contributed by atoms with Crippen LogP contribution in [0.25, 0.3) is 0 Å². The summed E-state index contributed by atoms with van der Waals surface area (Å²) in [6.45, 7) is 0. The lowest BCUT2D eigenvalue weighted by atomic mass is 10.1. The molecule has 1 N–H and O–H groups in total. The average molecular weight is 273 g/mol. The van der Waals surface area contributed by atoms with Crippen molar-refractivity contribution in [2.75, 3.05) is 12.4 Å². The summed E-state index contributed by atoms with van der Waals surface area (Å²) >= 11 is 0. The first-order valence-electron chi connectivity index (χ1n) is 5.86. The number of rotatable bonds is 3. The Balaban J connectivity index is 2.14. The summed E-state index contributed by atoms with van der Waals surface area (Å²) in [5.41, 5.74) is 0.769. The lowest BCUT2D eigenvalue weighted by Gasteiger charge is -2.06. The second-order valence-electron chi connectivity index (χ2n) is 4.00. The lowest BCUT2D eigenvalue weighted by molar-refractivity contribution is 0.0600. The highest BCUT2D eigenvalue weighted by molar-refractivity contribution is 6.04. The second-order valence-corrected chi connectivity index (χ2v) is 4.00. The van der Waals surface area contributed by atoms with Gasteiger partial charge in [-0.15, -0.1) is 0 Å². The first-order chi connectivity index (χ1) is 9.61. The Morgan fingerprint density at radius 1 is 1.00 bits per heavy atom. The molecular formula is C15H12FNO3. The van der Waals surface area contributed by atoms with Crippen LogP contribution in [0.15, 0.2) is 48.5 Å². The van der Waals surface area contributed by atoms with Crippen LogP contribution in [0.5, 0.6) is 0 Å². The van der Waals surface area contributed by atoms with Gasteiger partial charge < -0.3 is 10.1 Å². The molecule has 0 heterocycles. The van der Waals surface area contributed by atoms with Gasteiger partial charge in [-0.1, -0.05) is 12.1 Å². The third kappa shape index (κ3) is 3.00. The monoisotopic (exact) mass is 273 g/mol. The van der Waals surface area contributed by atoms with E-state index in [1.54, 1.807) is 6.07 Å². The highest BCUT2D eigenvalue weighted by Gasteiger charge is 2.10. The largest absolute Gasteiger partial charge is 0.465 e. The van der Waals surface area contributed by atoms with E-state index in [9.17, 15) is 14.0 Å². The molecule has 0 aliphatic carbocycles. The van der Waals surface area contributed by atoms with E-state index in [1.807, 2.05) is 0 Å². The molecule has 20 heavy (non-hydrogen) atoms. The quantitative estimate of drug-likeness (QED) is 0.875. The Bertz CT molecular complexity index is 638. The van der Waals surface area contributed by atoms with Crippen molar-refractivity contribution in [2.45, 2.75) is 0 Å². The van der Waals surface area contributed by atoms with E-state index < -0.39 is 17.7 Å². The SMILES string of the molecule is COC(=O)c1ccc(C(=O)Nc2ccccc2F)cc1. The molecule has 0 bridgehead atoms. The van der Waals surface area contributed by atoms with Crippen LogP contribution in [0.1, 0.15) is 20.7 Å². The normalized spacial score (nSPS) is 9.90. The summed E-state index contributed by atoms with van der Waals surface area (Å²) in [7, 11) is 1.28. The molecule has 102 valence electrons. The third-order valence-electron chi connectivity index (χ3n) is 2.69. The van der Waals surface area contributed by atoms with Crippen LogP contribution in [-0.4, -0.2) is 19.0 Å². The molecule has 2 aromatic rings. The Morgan fingerprint density at radius 2 is 1.60 bits per heavy atom. The molecule has 5 heteroatoms. The van der Waals surface area contributed by atoms with Gasteiger partial charge in [-0.25, -0.2) is 9.18 Å². The van der Waals surface area contributed by atoms with Crippen molar-refractivity contribution < 1.29 is 18.7 Å². The molecule has 0 aliphatic rings.